The van der Waals surface area contributed by atoms with E-state index in [1.807, 2.05) is 0 Å². The zero-order valence-electron chi connectivity index (χ0n) is 10.2. The second-order valence-electron chi connectivity index (χ2n) is 3.92. The van der Waals surface area contributed by atoms with Crippen LogP contribution in [-0.2, 0) is 0 Å². The van der Waals surface area contributed by atoms with Crippen molar-refractivity contribution in [1.29, 1.82) is 0 Å². The fourth-order valence-electron chi connectivity index (χ4n) is 1.75. The monoisotopic (exact) mass is 284 g/mol. The maximum atomic E-state index is 13.5. The van der Waals surface area contributed by atoms with Crippen LogP contribution in [-0.4, -0.2) is 12.9 Å². The van der Waals surface area contributed by atoms with Crippen LogP contribution >= 0.6 is 0 Å². The minimum Gasteiger partial charge on any atom is -0.496 e. The first-order valence-electron chi connectivity index (χ1n) is 5.47. The van der Waals surface area contributed by atoms with Gasteiger partial charge in [-0.1, -0.05) is 0 Å². The fourth-order valence-corrected chi connectivity index (χ4v) is 1.75. The van der Waals surface area contributed by atoms with Gasteiger partial charge in [0, 0.05) is 12.1 Å². The molecule has 0 aliphatic carbocycles. The van der Waals surface area contributed by atoms with E-state index < -0.39 is 34.6 Å². The van der Waals surface area contributed by atoms with Crippen molar-refractivity contribution in [3.05, 3.63) is 64.7 Å². The maximum Gasteiger partial charge on any atom is 0.202 e. The molecular formula is C14H8F4O2. The number of rotatable bonds is 3. The number of ether oxygens (including phenoxy) is 1. The average Bonchev–Trinajstić information content (AvgIpc) is 2.37. The van der Waals surface area contributed by atoms with Crippen molar-refractivity contribution >= 4 is 5.78 Å². The lowest BCUT2D eigenvalue weighted by atomic mass is 10.0. The van der Waals surface area contributed by atoms with Gasteiger partial charge in [0.15, 0.2) is 0 Å². The Bertz CT molecular complexity index is 660. The highest BCUT2D eigenvalue weighted by molar-refractivity contribution is 6.11. The van der Waals surface area contributed by atoms with Crippen molar-refractivity contribution in [3.8, 4) is 5.75 Å². The van der Waals surface area contributed by atoms with E-state index in [9.17, 15) is 22.4 Å². The van der Waals surface area contributed by atoms with Gasteiger partial charge in [-0.3, -0.25) is 4.79 Å². The molecule has 0 aliphatic rings. The quantitative estimate of drug-likeness (QED) is 0.637. The summed E-state index contributed by atoms with van der Waals surface area (Å²) in [4.78, 5) is 12.1. The predicted molar refractivity (Wildman–Crippen MR) is 62.7 cm³/mol. The van der Waals surface area contributed by atoms with E-state index in [1.54, 1.807) is 0 Å². The van der Waals surface area contributed by atoms with Gasteiger partial charge >= 0.3 is 0 Å². The molecule has 0 aromatic heterocycles. The topological polar surface area (TPSA) is 26.3 Å². The molecule has 0 saturated heterocycles. The van der Waals surface area contributed by atoms with Gasteiger partial charge in [0.25, 0.3) is 0 Å². The molecule has 0 radical (unpaired) electrons. The molecular weight excluding hydrogens is 276 g/mol. The first-order chi connectivity index (χ1) is 9.43. The van der Waals surface area contributed by atoms with Crippen LogP contribution in [0.25, 0.3) is 0 Å². The smallest absolute Gasteiger partial charge is 0.202 e. The van der Waals surface area contributed by atoms with Crippen LogP contribution in [0.1, 0.15) is 15.9 Å². The van der Waals surface area contributed by atoms with E-state index in [1.165, 1.54) is 7.11 Å². The summed E-state index contributed by atoms with van der Waals surface area (Å²) >= 11 is 0. The van der Waals surface area contributed by atoms with E-state index in [4.69, 9.17) is 4.74 Å². The minimum atomic E-state index is -1.36. The highest BCUT2D eigenvalue weighted by Gasteiger charge is 2.23. The van der Waals surface area contributed by atoms with E-state index >= 15 is 0 Å². The second kappa shape index (κ2) is 5.32. The Labute approximate surface area is 111 Å². The number of halogens is 4. The third-order valence-electron chi connectivity index (χ3n) is 2.64. The van der Waals surface area contributed by atoms with Crippen LogP contribution in [0.3, 0.4) is 0 Å². The number of carbonyl (C=O) groups excluding carboxylic acids is 1. The summed E-state index contributed by atoms with van der Waals surface area (Å²) in [7, 11) is 1.22. The van der Waals surface area contributed by atoms with Gasteiger partial charge in [0.1, 0.15) is 29.0 Å². The Balaban J connectivity index is 2.60. The first kappa shape index (κ1) is 14.0. The first-order valence-corrected chi connectivity index (χ1v) is 5.47. The molecule has 2 aromatic carbocycles. The highest BCUT2D eigenvalue weighted by Crippen LogP contribution is 2.25. The molecule has 0 spiro atoms. The lowest BCUT2D eigenvalue weighted by Crippen LogP contribution is -2.10. The lowest BCUT2D eigenvalue weighted by Gasteiger charge is -2.09. The molecule has 20 heavy (non-hydrogen) atoms. The molecule has 0 atom stereocenters. The third kappa shape index (κ3) is 2.49. The van der Waals surface area contributed by atoms with E-state index in [2.05, 4.69) is 0 Å². The summed E-state index contributed by atoms with van der Waals surface area (Å²) in [5.74, 6) is -5.81. The molecule has 0 aliphatic heterocycles. The van der Waals surface area contributed by atoms with Crippen molar-refractivity contribution in [2.45, 2.75) is 0 Å². The Morgan fingerprint density at radius 3 is 2.10 bits per heavy atom. The van der Waals surface area contributed by atoms with Crippen molar-refractivity contribution < 1.29 is 27.1 Å². The highest BCUT2D eigenvalue weighted by atomic mass is 19.1. The van der Waals surface area contributed by atoms with E-state index in [-0.39, 0.29) is 11.3 Å². The molecule has 0 N–H and O–H groups in total. The van der Waals surface area contributed by atoms with Gasteiger partial charge in [-0.05, 0) is 18.2 Å². The number of carbonyl (C=O) groups is 1. The van der Waals surface area contributed by atoms with Gasteiger partial charge in [-0.25, -0.2) is 17.6 Å². The number of hydrogen-bond donors (Lipinski definition) is 0. The normalized spacial score (nSPS) is 10.4. The predicted octanol–water partition coefficient (Wildman–Crippen LogP) is 3.48. The van der Waals surface area contributed by atoms with Gasteiger partial charge in [0.2, 0.25) is 5.78 Å². The van der Waals surface area contributed by atoms with Gasteiger partial charge in [-0.2, -0.15) is 0 Å². The molecule has 2 aromatic rings. The Morgan fingerprint density at radius 1 is 0.950 bits per heavy atom. The van der Waals surface area contributed by atoms with Crippen LogP contribution in [0.2, 0.25) is 0 Å². The van der Waals surface area contributed by atoms with Crippen molar-refractivity contribution in [1.82, 2.24) is 0 Å². The van der Waals surface area contributed by atoms with Crippen molar-refractivity contribution in [3.63, 3.8) is 0 Å². The van der Waals surface area contributed by atoms with E-state index in [0.717, 1.165) is 18.2 Å². The molecule has 0 saturated carbocycles. The van der Waals surface area contributed by atoms with Gasteiger partial charge in [-0.15, -0.1) is 0 Å². The van der Waals surface area contributed by atoms with Crippen molar-refractivity contribution in [2.24, 2.45) is 0 Å². The lowest BCUT2D eigenvalue weighted by molar-refractivity contribution is 0.102. The third-order valence-corrected chi connectivity index (χ3v) is 2.64. The Morgan fingerprint density at radius 2 is 1.55 bits per heavy atom. The molecule has 0 amide bonds. The standard InChI is InChI=1S/C14H8F4O2/c1-20-12-3-2-7(15)4-9(12)14(19)13-10(17)5-8(16)6-11(13)18/h2-6H,1H3. The Kier molecular flexibility index (Phi) is 3.74. The minimum absolute atomic E-state index is 0.0421. The summed E-state index contributed by atoms with van der Waals surface area (Å²) in [6.07, 6.45) is 0. The summed E-state index contributed by atoms with van der Waals surface area (Å²) in [6.45, 7) is 0. The number of hydrogen-bond acceptors (Lipinski definition) is 2. The zero-order valence-corrected chi connectivity index (χ0v) is 10.2. The number of ketones is 1. The molecule has 2 rings (SSSR count). The summed E-state index contributed by atoms with van der Waals surface area (Å²) < 4.78 is 57.9. The second-order valence-corrected chi connectivity index (χ2v) is 3.92. The Hall–Kier alpha value is -2.37. The molecule has 104 valence electrons. The van der Waals surface area contributed by atoms with Crippen LogP contribution in [0.4, 0.5) is 17.6 Å². The van der Waals surface area contributed by atoms with Gasteiger partial charge < -0.3 is 4.74 Å². The molecule has 0 bridgehead atoms. The number of methoxy groups -OCH3 is 1. The fraction of sp³-hybridized carbons (Fsp3) is 0.0714. The molecule has 0 heterocycles. The summed E-state index contributed by atoms with van der Waals surface area (Å²) in [5.41, 5.74) is -1.31. The SMILES string of the molecule is COc1ccc(F)cc1C(=O)c1c(F)cc(F)cc1F. The van der Waals surface area contributed by atoms with Crippen molar-refractivity contribution in [2.75, 3.05) is 7.11 Å². The largest absolute Gasteiger partial charge is 0.496 e. The number of benzene rings is 2. The summed E-state index contributed by atoms with van der Waals surface area (Å²) in [6, 6.07) is 3.74. The molecule has 6 heteroatoms. The van der Waals surface area contributed by atoms with E-state index in [0.29, 0.717) is 12.1 Å². The molecule has 0 fully saturated rings. The zero-order chi connectivity index (χ0) is 14.9. The van der Waals surface area contributed by atoms with Crippen LogP contribution in [0.5, 0.6) is 5.75 Å². The molecule has 2 nitrogen and oxygen atoms in total. The molecule has 0 unspecified atom stereocenters. The average molecular weight is 284 g/mol. The summed E-state index contributed by atoms with van der Waals surface area (Å²) in [5, 5.41) is 0. The maximum absolute atomic E-state index is 13.5. The van der Waals surface area contributed by atoms with Gasteiger partial charge in [0.05, 0.1) is 18.2 Å². The van der Waals surface area contributed by atoms with Crippen LogP contribution < -0.4 is 4.74 Å². The van der Waals surface area contributed by atoms with Crippen LogP contribution in [0.15, 0.2) is 30.3 Å². The van der Waals surface area contributed by atoms with Crippen LogP contribution in [0, 0.1) is 23.3 Å².